The van der Waals surface area contributed by atoms with Crippen molar-refractivity contribution in [2.75, 3.05) is 19.5 Å². The molecule has 4 nitrogen and oxygen atoms in total. The van der Waals surface area contributed by atoms with Gasteiger partial charge in [0.1, 0.15) is 16.0 Å². The molecule has 0 atom stereocenters. The fraction of sp³-hybridized carbons (Fsp3) is 0.500. The van der Waals surface area contributed by atoms with Gasteiger partial charge < -0.3 is 14.8 Å². The minimum Gasteiger partial charge on any atom is -0.494 e. The van der Waals surface area contributed by atoms with Crippen molar-refractivity contribution in [2.45, 2.75) is 31.7 Å². The van der Waals surface area contributed by atoms with E-state index < -0.39 is 0 Å². The van der Waals surface area contributed by atoms with E-state index in [0.29, 0.717) is 22.6 Å². The third kappa shape index (κ3) is 2.40. The molecule has 3 rings (SSSR count). The van der Waals surface area contributed by atoms with Crippen molar-refractivity contribution < 1.29 is 9.47 Å². The molecule has 0 unspecified atom stereocenters. The molecule has 1 aromatic carbocycles. The van der Waals surface area contributed by atoms with Gasteiger partial charge in [0.25, 0.3) is 0 Å². The highest BCUT2D eigenvalue weighted by atomic mass is 35.5. The zero-order chi connectivity index (χ0) is 14.1. The summed E-state index contributed by atoms with van der Waals surface area (Å²) in [6.07, 6.45) is 5.01. The molecule has 1 aromatic heterocycles. The number of anilines is 1. The van der Waals surface area contributed by atoms with Gasteiger partial charge in [-0.25, -0.2) is 4.98 Å². The lowest BCUT2D eigenvalue weighted by molar-refractivity contribution is 0.410. The lowest BCUT2D eigenvalue weighted by atomic mass is 10.2. The highest BCUT2D eigenvalue weighted by Crippen LogP contribution is 2.44. The molecule has 1 aliphatic rings. The quantitative estimate of drug-likeness (QED) is 0.913. The highest BCUT2D eigenvalue weighted by molar-refractivity contribution is 7.22. The third-order valence-corrected chi connectivity index (χ3v) is 4.91. The maximum absolute atomic E-state index is 6.22. The van der Waals surface area contributed by atoms with Crippen molar-refractivity contribution in [1.82, 2.24) is 4.98 Å². The van der Waals surface area contributed by atoms with E-state index in [1.165, 1.54) is 25.7 Å². The molecule has 1 N–H and O–H groups in total. The zero-order valence-electron chi connectivity index (χ0n) is 11.5. The molecule has 0 spiro atoms. The van der Waals surface area contributed by atoms with E-state index >= 15 is 0 Å². The average molecular weight is 313 g/mol. The van der Waals surface area contributed by atoms with Gasteiger partial charge in [-0.15, -0.1) is 0 Å². The molecular weight excluding hydrogens is 296 g/mol. The highest BCUT2D eigenvalue weighted by Gasteiger charge is 2.20. The van der Waals surface area contributed by atoms with Gasteiger partial charge in [0.2, 0.25) is 0 Å². The van der Waals surface area contributed by atoms with E-state index in [1.807, 2.05) is 0 Å². The number of methoxy groups -OCH3 is 2. The van der Waals surface area contributed by atoms with Crippen LogP contribution in [0.5, 0.6) is 11.5 Å². The number of ether oxygens (including phenoxy) is 2. The van der Waals surface area contributed by atoms with Crippen molar-refractivity contribution >= 4 is 38.3 Å². The molecular formula is C14H17ClN2O2S. The minimum atomic E-state index is 0.531. The van der Waals surface area contributed by atoms with Crippen LogP contribution < -0.4 is 14.8 Å². The van der Waals surface area contributed by atoms with Crippen LogP contribution in [0.15, 0.2) is 6.07 Å². The van der Waals surface area contributed by atoms with Crippen LogP contribution in [0.4, 0.5) is 5.13 Å². The van der Waals surface area contributed by atoms with Gasteiger partial charge in [0.05, 0.1) is 19.2 Å². The number of rotatable bonds is 4. The zero-order valence-corrected chi connectivity index (χ0v) is 13.1. The number of hydrogen-bond donors (Lipinski definition) is 1. The average Bonchev–Trinajstić information content (AvgIpc) is 3.07. The van der Waals surface area contributed by atoms with E-state index in [1.54, 1.807) is 31.6 Å². The van der Waals surface area contributed by atoms with E-state index in [4.69, 9.17) is 21.1 Å². The molecule has 0 amide bonds. The number of thiazole rings is 1. The first-order valence-electron chi connectivity index (χ1n) is 6.70. The fourth-order valence-corrected chi connectivity index (χ4v) is 4.06. The van der Waals surface area contributed by atoms with Gasteiger partial charge >= 0.3 is 0 Å². The second-order valence-electron chi connectivity index (χ2n) is 4.92. The van der Waals surface area contributed by atoms with Crippen molar-refractivity contribution in [3.8, 4) is 11.5 Å². The monoisotopic (exact) mass is 312 g/mol. The second-order valence-corrected chi connectivity index (χ2v) is 6.32. The molecule has 0 bridgehead atoms. The van der Waals surface area contributed by atoms with Crippen LogP contribution in [0.2, 0.25) is 5.02 Å². The van der Waals surface area contributed by atoms with Gasteiger partial charge in [0, 0.05) is 12.1 Å². The Kier molecular flexibility index (Phi) is 3.89. The van der Waals surface area contributed by atoms with Crippen LogP contribution in [0.3, 0.4) is 0 Å². The maximum Gasteiger partial charge on any atom is 0.184 e. The molecule has 20 heavy (non-hydrogen) atoms. The Hall–Kier alpha value is -1.20. The van der Waals surface area contributed by atoms with Crippen LogP contribution in [0.25, 0.3) is 10.2 Å². The first-order chi connectivity index (χ1) is 9.72. The Labute approximate surface area is 127 Å². The Morgan fingerprint density at radius 3 is 2.70 bits per heavy atom. The predicted molar refractivity (Wildman–Crippen MR) is 83.6 cm³/mol. The molecule has 1 aliphatic carbocycles. The van der Waals surface area contributed by atoms with Gasteiger partial charge in [0.15, 0.2) is 10.9 Å². The summed E-state index contributed by atoms with van der Waals surface area (Å²) in [4.78, 5) is 4.64. The van der Waals surface area contributed by atoms with Crippen LogP contribution in [0, 0.1) is 0 Å². The Balaban J connectivity index is 2.03. The predicted octanol–water partition coefficient (Wildman–Crippen LogP) is 4.32. The fourth-order valence-electron chi connectivity index (χ4n) is 2.65. The Bertz CT molecular complexity index is 623. The van der Waals surface area contributed by atoms with E-state index in [-0.39, 0.29) is 0 Å². The maximum atomic E-state index is 6.22. The van der Waals surface area contributed by atoms with E-state index in [0.717, 1.165) is 15.3 Å². The topological polar surface area (TPSA) is 43.4 Å². The van der Waals surface area contributed by atoms with Gasteiger partial charge in [-0.3, -0.25) is 0 Å². The van der Waals surface area contributed by atoms with Crippen LogP contribution in [0.1, 0.15) is 25.7 Å². The molecule has 0 aliphatic heterocycles. The van der Waals surface area contributed by atoms with Crippen LogP contribution >= 0.6 is 22.9 Å². The summed E-state index contributed by atoms with van der Waals surface area (Å²) in [6.45, 7) is 0. The molecule has 6 heteroatoms. The Morgan fingerprint density at radius 1 is 1.30 bits per heavy atom. The summed E-state index contributed by atoms with van der Waals surface area (Å²) in [6, 6.07) is 2.28. The number of benzene rings is 1. The first kappa shape index (κ1) is 13.8. The standard InChI is InChI=1S/C14H17ClN2O2S/c1-18-10-7-9(15)12(19-2)13-11(10)17-14(20-13)16-8-5-3-4-6-8/h7-8H,3-6H2,1-2H3,(H,16,17). The molecule has 0 saturated heterocycles. The number of aromatic nitrogens is 1. The normalized spacial score (nSPS) is 15.8. The minimum absolute atomic E-state index is 0.531. The SMILES string of the molecule is COc1cc(Cl)c(OC)c2sc(NC3CCCC3)nc12. The van der Waals surface area contributed by atoms with Crippen molar-refractivity contribution in [3.63, 3.8) is 0 Å². The molecule has 1 heterocycles. The van der Waals surface area contributed by atoms with Crippen LogP contribution in [-0.2, 0) is 0 Å². The summed E-state index contributed by atoms with van der Waals surface area (Å²) in [5.74, 6) is 1.35. The first-order valence-corrected chi connectivity index (χ1v) is 7.90. The second kappa shape index (κ2) is 5.66. The molecule has 2 aromatic rings. The summed E-state index contributed by atoms with van der Waals surface area (Å²) < 4.78 is 11.7. The van der Waals surface area contributed by atoms with E-state index in [9.17, 15) is 0 Å². The van der Waals surface area contributed by atoms with Crippen LogP contribution in [-0.4, -0.2) is 25.2 Å². The smallest absolute Gasteiger partial charge is 0.184 e. The molecule has 1 fully saturated rings. The van der Waals surface area contributed by atoms with Gasteiger partial charge in [-0.2, -0.15) is 0 Å². The number of hydrogen-bond acceptors (Lipinski definition) is 5. The summed E-state index contributed by atoms with van der Waals surface area (Å²) in [7, 11) is 3.25. The summed E-state index contributed by atoms with van der Waals surface area (Å²) >= 11 is 7.79. The van der Waals surface area contributed by atoms with Crippen molar-refractivity contribution in [3.05, 3.63) is 11.1 Å². The lowest BCUT2D eigenvalue weighted by Gasteiger charge is -2.09. The number of fused-ring (bicyclic) bond motifs is 1. The number of nitrogens with zero attached hydrogens (tertiary/aromatic N) is 1. The van der Waals surface area contributed by atoms with E-state index in [2.05, 4.69) is 10.3 Å². The van der Waals surface area contributed by atoms with Crippen molar-refractivity contribution in [1.29, 1.82) is 0 Å². The largest absolute Gasteiger partial charge is 0.494 e. The molecule has 1 saturated carbocycles. The number of halogens is 1. The Morgan fingerprint density at radius 2 is 2.05 bits per heavy atom. The summed E-state index contributed by atoms with van der Waals surface area (Å²) in [5, 5.41) is 4.96. The number of nitrogens with one attached hydrogen (secondary N) is 1. The van der Waals surface area contributed by atoms with Crippen molar-refractivity contribution in [2.24, 2.45) is 0 Å². The third-order valence-electron chi connectivity index (χ3n) is 3.65. The molecule has 0 radical (unpaired) electrons. The van der Waals surface area contributed by atoms with Gasteiger partial charge in [-0.1, -0.05) is 35.8 Å². The van der Waals surface area contributed by atoms with Gasteiger partial charge in [-0.05, 0) is 12.8 Å². The molecule has 108 valence electrons. The summed E-state index contributed by atoms with van der Waals surface area (Å²) in [5.41, 5.74) is 0.805. The lowest BCUT2D eigenvalue weighted by Crippen LogP contribution is -2.13.